The number of nitrogens with one attached hydrogen (secondary N) is 2. The van der Waals surface area contributed by atoms with Gasteiger partial charge in [-0.25, -0.2) is 0 Å². The quantitative estimate of drug-likeness (QED) is 0.368. The maximum absolute atomic E-state index is 13.3. The van der Waals surface area contributed by atoms with Gasteiger partial charge in [0.05, 0.1) is 0 Å². The van der Waals surface area contributed by atoms with Crippen LogP contribution in [0.4, 0.5) is 0 Å². The predicted octanol–water partition coefficient (Wildman–Crippen LogP) is 6.21. The molecule has 2 N–H and O–H groups in total. The van der Waals surface area contributed by atoms with Crippen molar-refractivity contribution < 1.29 is 9.59 Å². The monoisotopic (exact) mass is 549 g/mol. The van der Waals surface area contributed by atoms with Crippen LogP contribution >= 0.6 is 15.9 Å². The second-order valence-corrected chi connectivity index (χ2v) is 11.6. The second-order valence-electron chi connectivity index (χ2n) is 10.7. The molecule has 1 aliphatic heterocycles. The number of halogens is 1. The number of hydrogen-bond acceptors (Lipinski definition) is 2. The molecule has 2 aromatic carbocycles. The van der Waals surface area contributed by atoms with Crippen LogP contribution in [0.25, 0.3) is 10.9 Å². The van der Waals surface area contributed by atoms with Gasteiger partial charge in [0.1, 0.15) is 0 Å². The van der Waals surface area contributed by atoms with Crippen LogP contribution in [-0.4, -0.2) is 29.0 Å². The summed E-state index contributed by atoms with van der Waals surface area (Å²) in [6.45, 7) is 3.75. The molecular formula is C30H36BrN3O2. The lowest BCUT2D eigenvalue weighted by Gasteiger charge is -2.25. The molecule has 2 atom stereocenters. The highest BCUT2D eigenvalue weighted by molar-refractivity contribution is 9.10. The van der Waals surface area contributed by atoms with Gasteiger partial charge >= 0.3 is 0 Å². The molecule has 2 unspecified atom stereocenters. The number of piperidine rings is 1. The first-order valence-corrected chi connectivity index (χ1v) is 14.2. The lowest BCUT2D eigenvalue weighted by molar-refractivity contribution is -0.125. The number of amides is 2. The van der Waals surface area contributed by atoms with Crippen LogP contribution in [0.5, 0.6) is 0 Å². The van der Waals surface area contributed by atoms with Crippen LogP contribution in [-0.2, 0) is 16.1 Å². The van der Waals surface area contributed by atoms with Crippen LogP contribution < -0.4 is 10.6 Å². The molecule has 0 bridgehead atoms. The molecule has 1 saturated carbocycles. The van der Waals surface area contributed by atoms with Gasteiger partial charge in [-0.2, -0.15) is 0 Å². The van der Waals surface area contributed by atoms with E-state index in [2.05, 4.69) is 86.7 Å². The molecule has 2 fully saturated rings. The third kappa shape index (κ3) is 5.86. The summed E-state index contributed by atoms with van der Waals surface area (Å²) in [6, 6.07) is 15.0. The van der Waals surface area contributed by atoms with Gasteiger partial charge in [-0.1, -0.05) is 65.0 Å². The topological polar surface area (TPSA) is 63.1 Å². The largest absolute Gasteiger partial charge is 0.356 e. The Balaban J connectivity index is 1.49. The minimum absolute atomic E-state index is 0.00406. The van der Waals surface area contributed by atoms with Crippen molar-refractivity contribution in [2.75, 3.05) is 6.54 Å². The highest BCUT2D eigenvalue weighted by Gasteiger charge is 2.27. The Bertz CT molecular complexity index is 1240. The van der Waals surface area contributed by atoms with E-state index in [1.54, 1.807) is 0 Å². The van der Waals surface area contributed by atoms with E-state index < -0.39 is 0 Å². The van der Waals surface area contributed by atoms with Crippen molar-refractivity contribution in [2.24, 2.45) is 5.92 Å². The minimum atomic E-state index is -0.0915. The highest BCUT2D eigenvalue weighted by Crippen LogP contribution is 2.37. The Kier molecular flexibility index (Phi) is 7.80. The van der Waals surface area contributed by atoms with Gasteiger partial charge in [0.25, 0.3) is 0 Å². The molecule has 6 heteroatoms. The number of fused-ring (bicyclic) bond motifs is 1. The maximum atomic E-state index is 13.3. The van der Waals surface area contributed by atoms with Gasteiger partial charge in [0.15, 0.2) is 0 Å². The van der Waals surface area contributed by atoms with Crippen LogP contribution in [0.1, 0.15) is 74.0 Å². The highest BCUT2D eigenvalue weighted by atomic mass is 79.9. The number of nitrogens with zero attached hydrogens (tertiary/aromatic N) is 1. The Hall–Kier alpha value is -2.60. The van der Waals surface area contributed by atoms with Crippen LogP contribution in [0.2, 0.25) is 0 Å². The standard InChI is InChI=1S/C30H36BrN3O2/c1-20-6-5-9-22(14-20)25(17-30(36)33-24-12-13-32-29(35)16-24)27-19-34(18-21-7-3-2-4-8-21)28-11-10-23(31)15-26(27)28/h5-6,9-11,14-15,19,21,24-25H,2-4,7-8,12-13,16-18H2,1H3,(H,32,35)(H,33,36). The number of benzene rings is 2. The fourth-order valence-corrected chi connectivity index (χ4v) is 6.41. The fourth-order valence-electron chi connectivity index (χ4n) is 6.05. The van der Waals surface area contributed by atoms with Gasteiger partial charge in [-0.05, 0) is 61.4 Å². The van der Waals surface area contributed by atoms with Crippen molar-refractivity contribution in [1.29, 1.82) is 0 Å². The van der Waals surface area contributed by atoms with Crippen molar-refractivity contribution in [1.82, 2.24) is 15.2 Å². The number of hydrogen-bond donors (Lipinski definition) is 2. The Morgan fingerprint density at radius 3 is 2.75 bits per heavy atom. The molecule has 2 heterocycles. The average molecular weight is 551 g/mol. The summed E-state index contributed by atoms with van der Waals surface area (Å²) in [5.74, 6) is 0.664. The number of carbonyl (C=O) groups excluding carboxylic acids is 2. The fraction of sp³-hybridized carbons (Fsp3) is 0.467. The SMILES string of the molecule is Cc1cccc(C(CC(=O)NC2CCNC(=O)C2)c2cn(CC3CCCCC3)c3ccc(Br)cc23)c1. The van der Waals surface area contributed by atoms with Gasteiger partial charge in [-0.15, -0.1) is 0 Å². The van der Waals surface area contributed by atoms with Gasteiger partial charge in [0, 0.05) is 59.5 Å². The lowest BCUT2D eigenvalue weighted by Crippen LogP contribution is -2.45. The van der Waals surface area contributed by atoms with Gasteiger partial charge < -0.3 is 15.2 Å². The molecule has 1 saturated heterocycles. The van der Waals surface area contributed by atoms with E-state index >= 15 is 0 Å². The van der Waals surface area contributed by atoms with Crippen LogP contribution in [0, 0.1) is 12.8 Å². The molecule has 190 valence electrons. The smallest absolute Gasteiger partial charge is 0.222 e. The molecule has 2 aliphatic rings. The van der Waals surface area contributed by atoms with Gasteiger partial charge in [0.2, 0.25) is 11.8 Å². The summed E-state index contributed by atoms with van der Waals surface area (Å²) in [7, 11) is 0. The van der Waals surface area contributed by atoms with E-state index in [4.69, 9.17) is 0 Å². The molecule has 1 aromatic heterocycles. The Morgan fingerprint density at radius 2 is 1.97 bits per heavy atom. The van der Waals surface area contributed by atoms with Crippen molar-refractivity contribution in [3.8, 4) is 0 Å². The summed E-state index contributed by atoms with van der Waals surface area (Å²) in [4.78, 5) is 25.2. The molecule has 1 aliphatic carbocycles. The summed E-state index contributed by atoms with van der Waals surface area (Å²) >= 11 is 3.69. The number of aryl methyl sites for hydroxylation is 1. The van der Waals surface area contributed by atoms with E-state index in [1.165, 1.54) is 54.1 Å². The summed E-state index contributed by atoms with van der Waals surface area (Å²) < 4.78 is 3.48. The normalized spacial score (nSPS) is 19.7. The van der Waals surface area contributed by atoms with E-state index in [0.717, 1.165) is 23.0 Å². The van der Waals surface area contributed by atoms with Crippen molar-refractivity contribution in [2.45, 2.75) is 76.8 Å². The summed E-state index contributed by atoms with van der Waals surface area (Å²) in [6.07, 6.45) is 10.4. The first-order valence-electron chi connectivity index (χ1n) is 13.4. The van der Waals surface area contributed by atoms with Crippen LogP contribution in [0.15, 0.2) is 53.1 Å². The maximum Gasteiger partial charge on any atom is 0.222 e. The second kappa shape index (κ2) is 11.2. The van der Waals surface area contributed by atoms with Crippen LogP contribution in [0.3, 0.4) is 0 Å². The Morgan fingerprint density at radius 1 is 1.14 bits per heavy atom. The van der Waals surface area contributed by atoms with Crippen molar-refractivity contribution >= 4 is 38.6 Å². The first-order chi connectivity index (χ1) is 17.5. The molecule has 2 amide bonds. The molecule has 0 spiro atoms. The third-order valence-corrected chi connectivity index (χ3v) is 8.37. The number of rotatable bonds is 7. The van der Waals surface area contributed by atoms with E-state index in [9.17, 15) is 9.59 Å². The lowest BCUT2D eigenvalue weighted by atomic mass is 9.87. The van der Waals surface area contributed by atoms with E-state index in [1.807, 2.05) is 0 Å². The molecule has 5 nitrogen and oxygen atoms in total. The number of aromatic nitrogens is 1. The zero-order valence-electron chi connectivity index (χ0n) is 21.1. The van der Waals surface area contributed by atoms with Crippen molar-refractivity contribution in [3.05, 3.63) is 69.8 Å². The zero-order valence-corrected chi connectivity index (χ0v) is 22.6. The predicted molar refractivity (Wildman–Crippen MR) is 148 cm³/mol. The molecule has 5 rings (SSSR count). The molecule has 36 heavy (non-hydrogen) atoms. The van der Waals surface area contributed by atoms with Crippen molar-refractivity contribution in [3.63, 3.8) is 0 Å². The molecular weight excluding hydrogens is 514 g/mol. The summed E-state index contributed by atoms with van der Waals surface area (Å²) in [5, 5.41) is 7.20. The molecule has 0 radical (unpaired) electrons. The third-order valence-electron chi connectivity index (χ3n) is 7.87. The average Bonchev–Trinajstić information content (AvgIpc) is 3.20. The summed E-state index contributed by atoms with van der Waals surface area (Å²) in [5.41, 5.74) is 4.78. The zero-order chi connectivity index (χ0) is 25.1. The first kappa shape index (κ1) is 25.1. The Labute approximate surface area is 222 Å². The van der Waals surface area contributed by atoms with Gasteiger partial charge in [-0.3, -0.25) is 9.59 Å². The number of carbonyl (C=O) groups is 2. The minimum Gasteiger partial charge on any atom is -0.356 e. The van der Waals surface area contributed by atoms with E-state index in [0.29, 0.717) is 25.3 Å². The van der Waals surface area contributed by atoms with E-state index in [-0.39, 0.29) is 23.8 Å². The molecule has 3 aromatic rings.